The van der Waals surface area contributed by atoms with Crippen molar-refractivity contribution < 1.29 is 15.0 Å². The van der Waals surface area contributed by atoms with Crippen molar-refractivity contribution in [3.8, 4) is 0 Å². The Morgan fingerprint density at radius 2 is 1.04 bits per heavy atom. The summed E-state index contributed by atoms with van der Waals surface area (Å²) < 4.78 is 0. The minimum Gasteiger partial charge on any atom is -0.393 e. The molecule has 0 saturated heterocycles. The van der Waals surface area contributed by atoms with Gasteiger partial charge in [-0.05, 0) is 13.0 Å². The summed E-state index contributed by atoms with van der Waals surface area (Å²) in [6.07, 6.45) is 21.5. The van der Waals surface area contributed by atoms with Crippen LogP contribution < -0.4 is 0 Å². The predicted octanol–water partition coefficient (Wildman–Crippen LogP) is 3.54. The number of rotatable bonds is 10. The summed E-state index contributed by atoms with van der Waals surface area (Å²) >= 11 is 0. The Hall–Kier alpha value is -1.97. The fraction of sp³-hybridized carbons (Fsp3) is 0.350. The van der Waals surface area contributed by atoms with Crippen LogP contribution in [0, 0.1) is 11.8 Å². The normalized spacial score (nSPS) is 18.8. The van der Waals surface area contributed by atoms with Crippen LogP contribution in [0.3, 0.4) is 0 Å². The van der Waals surface area contributed by atoms with Gasteiger partial charge in [0.25, 0.3) is 0 Å². The molecule has 2 N–H and O–H groups in total. The minimum atomic E-state index is -0.557. The SMILES string of the molecule is C[C@H]([C@H](O)[C@@H](C)/C=C/C=C/C=C/C=C/C=C/C=C/C=O)[C@H](C)O. The summed E-state index contributed by atoms with van der Waals surface area (Å²) in [6, 6.07) is 0. The van der Waals surface area contributed by atoms with Crippen LogP contribution in [-0.2, 0) is 4.79 Å². The summed E-state index contributed by atoms with van der Waals surface area (Å²) in [5.41, 5.74) is 0. The first kappa shape index (κ1) is 21.0. The quantitative estimate of drug-likeness (QED) is 0.368. The molecule has 4 atom stereocenters. The highest BCUT2D eigenvalue weighted by molar-refractivity contribution is 5.65. The summed E-state index contributed by atoms with van der Waals surface area (Å²) in [4.78, 5) is 10.0. The lowest BCUT2D eigenvalue weighted by atomic mass is 9.90. The van der Waals surface area contributed by atoms with Crippen molar-refractivity contribution in [2.45, 2.75) is 33.0 Å². The maximum Gasteiger partial charge on any atom is 0.142 e. The lowest BCUT2D eigenvalue weighted by Gasteiger charge is -2.24. The molecule has 0 radical (unpaired) electrons. The highest BCUT2D eigenvalue weighted by Crippen LogP contribution is 2.17. The minimum absolute atomic E-state index is 0.0160. The zero-order valence-electron chi connectivity index (χ0n) is 14.1. The first-order chi connectivity index (χ1) is 11.0. The van der Waals surface area contributed by atoms with Crippen molar-refractivity contribution >= 4 is 6.29 Å². The van der Waals surface area contributed by atoms with E-state index in [-0.39, 0.29) is 11.8 Å². The number of aliphatic hydroxyl groups excluding tert-OH is 2. The van der Waals surface area contributed by atoms with Gasteiger partial charge < -0.3 is 10.2 Å². The van der Waals surface area contributed by atoms with Gasteiger partial charge in [-0.15, -0.1) is 0 Å². The van der Waals surface area contributed by atoms with E-state index in [2.05, 4.69) is 0 Å². The van der Waals surface area contributed by atoms with Gasteiger partial charge in [0.05, 0.1) is 12.2 Å². The first-order valence-corrected chi connectivity index (χ1v) is 7.82. The van der Waals surface area contributed by atoms with E-state index in [0.29, 0.717) is 0 Å². The van der Waals surface area contributed by atoms with Crippen molar-refractivity contribution in [3.63, 3.8) is 0 Å². The smallest absolute Gasteiger partial charge is 0.142 e. The van der Waals surface area contributed by atoms with Gasteiger partial charge in [0.1, 0.15) is 6.29 Å². The molecule has 0 aliphatic carbocycles. The molecule has 3 heteroatoms. The van der Waals surface area contributed by atoms with Gasteiger partial charge in [0.2, 0.25) is 0 Å². The fourth-order valence-corrected chi connectivity index (χ4v) is 1.74. The zero-order valence-corrected chi connectivity index (χ0v) is 14.1. The molecule has 3 nitrogen and oxygen atoms in total. The Kier molecular flexibility index (Phi) is 12.5. The van der Waals surface area contributed by atoms with E-state index in [1.165, 1.54) is 6.08 Å². The van der Waals surface area contributed by atoms with Gasteiger partial charge in [-0.1, -0.05) is 80.7 Å². The van der Waals surface area contributed by atoms with E-state index >= 15 is 0 Å². The van der Waals surface area contributed by atoms with Gasteiger partial charge in [-0.3, -0.25) is 4.79 Å². The number of carbonyl (C=O) groups is 1. The molecule has 0 amide bonds. The second-order valence-electron chi connectivity index (χ2n) is 5.39. The average Bonchev–Trinajstić information content (AvgIpc) is 2.54. The maximum atomic E-state index is 10.0. The molecule has 0 heterocycles. The van der Waals surface area contributed by atoms with Crippen LogP contribution in [-0.4, -0.2) is 28.7 Å². The van der Waals surface area contributed by atoms with Crippen LogP contribution in [0.15, 0.2) is 72.9 Å². The van der Waals surface area contributed by atoms with E-state index in [9.17, 15) is 15.0 Å². The fourth-order valence-electron chi connectivity index (χ4n) is 1.74. The number of carbonyl (C=O) groups excluding carboxylic acids is 1. The van der Waals surface area contributed by atoms with Gasteiger partial charge in [-0.2, -0.15) is 0 Å². The highest BCUT2D eigenvalue weighted by atomic mass is 16.3. The zero-order chi connectivity index (χ0) is 17.5. The van der Waals surface area contributed by atoms with Crippen LogP contribution in [0.1, 0.15) is 20.8 Å². The Labute approximate surface area is 139 Å². The van der Waals surface area contributed by atoms with Crippen molar-refractivity contribution in [2.24, 2.45) is 11.8 Å². The van der Waals surface area contributed by atoms with E-state index in [4.69, 9.17) is 0 Å². The molecule has 0 aromatic carbocycles. The third kappa shape index (κ3) is 11.3. The average molecular weight is 316 g/mol. The first-order valence-electron chi connectivity index (χ1n) is 7.82. The van der Waals surface area contributed by atoms with Crippen molar-refractivity contribution in [1.82, 2.24) is 0 Å². The van der Waals surface area contributed by atoms with Gasteiger partial charge in [-0.25, -0.2) is 0 Å². The van der Waals surface area contributed by atoms with E-state index < -0.39 is 12.2 Å². The van der Waals surface area contributed by atoms with Crippen LogP contribution in [0.4, 0.5) is 0 Å². The van der Waals surface area contributed by atoms with E-state index in [1.54, 1.807) is 19.1 Å². The molecular weight excluding hydrogens is 288 g/mol. The highest BCUT2D eigenvalue weighted by Gasteiger charge is 2.22. The van der Waals surface area contributed by atoms with E-state index in [1.807, 2.05) is 68.5 Å². The van der Waals surface area contributed by atoms with Crippen molar-refractivity contribution in [2.75, 3.05) is 0 Å². The number of aldehydes is 1. The summed E-state index contributed by atoms with van der Waals surface area (Å²) in [6.45, 7) is 5.46. The Balaban J connectivity index is 4.15. The van der Waals surface area contributed by atoms with Crippen molar-refractivity contribution in [3.05, 3.63) is 72.9 Å². The molecule has 0 rings (SSSR count). The van der Waals surface area contributed by atoms with E-state index in [0.717, 1.165) is 6.29 Å². The van der Waals surface area contributed by atoms with Crippen LogP contribution >= 0.6 is 0 Å². The lowest BCUT2D eigenvalue weighted by Crippen LogP contribution is -2.31. The van der Waals surface area contributed by atoms with Gasteiger partial charge >= 0.3 is 0 Å². The molecule has 23 heavy (non-hydrogen) atoms. The largest absolute Gasteiger partial charge is 0.393 e. The monoisotopic (exact) mass is 316 g/mol. The number of hydrogen-bond donors (Lipinski definition) is 2. The lowest BCUT2D eigenvalue weighted by molar-refractivity contribution is -0.104. The standard InChI is InChI=1S/C20H28O3/c1-17(20(23)18(2)19(3)22)15-13-11-9-7-5-4-6-8-10-12-14-16-21/h4-20,22-23H,1-3H3/b6-4+,7-5+,10-8+,11-9+,14-12+,15-13+/t17-,18-,19-,20+/m0/s1. The maximum absolute atomic E-state index is 10.0. The predicted molar refractivity (Wildman–Crippen MR) is 96.9 cm³/mol. The number of hydrogen-bond acceptors (Lipinski definition) is 3. The van der Waals surface area contributed by atoms with Crippen LogP contribution in [0.5, 0.6) is 0 Å². The second kappa shape index (κ2) is 13.7. The molecule has 0 aliphatic heterocycles. The Morgan fingerprint density at radius 1 is 0.652 bits per heavy atom. The Bertz CT molecular complexity index is 479. The third-order valence-electron chi connectivity index (χ3n) is 3.44. The third-order valence-corrected chi connectivity index (χ3v) is 3.44. The molecule has 126 valence electrons. The molecule has 0 aliphatic rings. The molecule has 0 fully saturated rings. The topological polar surface area (TPSA) is 57.5 Å². The van der Waals surface area contributed by atoms with Crippen molar-refractivity contribution in [1.29, 1.82) is 0 Å². The van der Waals surface area contributed by atoms with Gasteiger partial charge in [0, 0.05) is 11.8 Å². The van der Waals surface area contributed by atoms with Crippen LogP contribution in [0.25, 0.3) is 0 Å². The molecule has 0 saturated carbocycles. The molecule has 0 spiro atoms. The van der Waals surface area contributed by atoms with Gasteiger partial charge in [0.15, 0.2) is 0 Å². The summed E-state index contributed by atoms with van der Waals surface area (Å²) in [5, 5.41) is 19.5. The molecule has 0 unspecified atom stereocenters. The summed E-state index contributed by atoms with van der Waals surface area (Å²) in [5.74, 6) is -0.171. The van der Waals surface area contributed by atoms with Crippen LogP contribution in [0.2, 0.25) is 0 Å². The number of allylic oxidation sites excluding steroid dienone is 11. The second-order valence-corrected chi connectivity index (χ2v) is 5.39. The molecule has 0 bridgehead atoms. The number of aliphatic hydroxyl groups is 2. The summed E-state index contributed by atoms with van der Waals surface area (Å²) in [7, 11) is 0. The molecule has 0 aromatic rings. The molecule has 0 aromatic heterocycles. The Morgan fingerprint density at radius 3 is 1.43 bits per heavy atom. The molecular formula is C20H28O3.